The fraction of sp³-hybridized carbons (Fsp3) is 0. The molecule has 0 amide bonds. The Morgan fingerprint density at radius 3 is 2.88 bits per heavy atom. The highest BCUT2D eigenvalue weighted by Crippen LogP contribution is 1.99. The van der Waals surface area contributed by atoms with Gasteiger partial charge >= 0.3 is 5.97 Å². The largest absolute Gasteiger partial charge is 0.475 e. The van der Waals surface area contributed by atoms with Gasteiger partial charge in [0.25, 0.3) is 5.76 Å². The zero-order chi connectivity index (χ0) is 5.98. The van der Waals surface area contributed by atoms with Crippen molar-refractivity contribution in [1.29, 1.82) is 0 Å². The second-order valence-corrected chi connectivity index (χ2v) is 1.09. The van der Waals surface area contributed by atoms with E-state index in [4.69, 9.17) is 5.11 Å². The van der Waals surface area contributed by atoms with E-state index in [1.807, 2.05) is 5.64 Å². The van der Waals surface area contributed by atoms with Crippen LogP contribution in [0.4, 0.5) is 0 Å². The Bertz CT molecular complexity index is 140. The van der Waals surface area contributed by atoms with Crippen LogP contribution in [0.25, 0.3) is 0 Å². The van der Waals surface area contributed by atoms with Gasteiger partial charge in [-0.05, 0) is 0 Å². The molecule has 0 bridgehead atoms. The number of nitrogens with one attached hydrogen (secondary N) is 1. The van der Waals surface area contributed by atoms with Gasteiger partial charge in [-0.25, -0.2) is 4.79 Å². The van der Waals surface area contributed by atoms with Crippen LogP contribution in [0, 0.1) is 0 Å². The molecule has 1 aliphatic heterocycles. The minimum Gasteiger partial charge on any atom is -0.475 e. The molecule has 0 spiro atoms. The molecule has 8 heavy (non-hydrogen) atoms. The van der Waals surface area contributed by atoms with Crippen LogP contribution in [0.5, 0.6) is 0 Å². The summed E-state index contributed by atoms with van der Waals surface area (Å²) in [6.45, 7) is 0. The normalized spacial score (nSPS) is 16.2. The Morgan fingerprint density at radius 1 is 1.88 bits per heavy atom. The highest BCUT2D eigenvalue weighted by molar-refractivity contribution is 5.83. The lowest BCUT2D eigenvalue weighted by molar-refractivity contribution is -0.140. The third-order valence-corrected chi connectivity index (χ3v) is 0.576. The first-order valence-corrected chi connectivity index (χ1v) is 1.81. The molecule has 0 aromatic carbocycles. The Morgan fingerprint density at radius 2 is 2.62 bits per heavy atom. The highest BCUT2D eigenvalue weighted by Gasteiger charge is 2.14. The van der Waals surface area contributed by atoms with Gasteiger partial charge in [0.1, 0.15) is 0 Å². The molecule has 0 aliphatic carbocycles. The van der Waals surface area contributed by atoms with Gasteiger partial charge in [0.2, 0.25) is 0 Å². The molecule has 0 fully saturated rings. The highest BCUT2D eigenvalue weighted by atomic mass is 16.9. The molecule has 0 saturated heterocycles. The number of rotatable bonds is 1. The molecule has 1 heterocycles. The summed E-state index contributed by atoms with van der Waals surface area (Å²) in [4.78, 5) is 18.3. The zero-order valence-corrected chi connectivity index (χ0v) is 3.75. The van der Waals surface area contributed by atoms with Crippen molar-refractivity contribution in [2.24, 2.45) is 0 Å². The number of hydrogen-bond donors (Lipinski definition) is 2. The number of aliphatic carboxylic acids is 1. The Hall–Kier alpha value is -1.23. The summed E-state index contributed by atoms with van der Waals surface area (Å²) in [5.74, 6) is -1.40. The maximum absolute atomic E-state index is 9.89. The molecule has 2 N–H and O–H groups in total. The van der Waals surface area contributed by atoms with Gasteiger partial charge in [0, 0.05) is 5.64 Å². The number of carboxylic acid groups (broad SMARTS) is 1. The summed E-state index contributed by atoms with van der Waals surface area (Å²) in [5.41, 5.74) is 1.88. The quantitative estimate of drug-likeness (QED) is 0.479. The first-order chi connectivity index (χ1) is 3.80. The topological polar surface area (TPSA) is 67.8 Å². The minimum absolute atomic E-state index is 0.245. The Balaban J connectivity index is 2.57. The summed E-state index contributed by atoms with van der Waals surface area (Å²) in [6, 6.07) is 0. The van der Waals surface area contributed by atoms with Crippen molar-refractivity contribution in [3.8, 4) is 0 Å². The van der Waals surface area contributed by atoms with E-state index in [1.54, 1.807) is 0 Å². The molecule has 44 valence electrons. The van der Waals surface area contributed by atoms with Gasteiger partial charge in [-0.1, -0.05) is 0 Å². The lowest BCUT2D eigenvalue weighted by atomic mass is 10.6. The Kier molecular flexibility index (Phi) is 1.05. The summed E-state index contributed by atoms with van der Waals surface area (Å²) in [5, 5.41) is 8.10. The molecule has 0 aromatic rings. The first-order valence-electron chi connectivity index (χ1n) is 1.81. The average molecular weight is 117 g/mol. The van der Waals surface area contributed by atoms with Gasteiger partial charge in [-0.3, -0.25) is 0 Å². The van der Waals surface area contributed by atoms with Gasteiger partial charge in [0.15, 0.2) is 6.26 Å². The summed E-state index contributed by atoms with van der Waals surface area (Å²) >= 11 is 0. The summed E-state index contributed by atoms with van der Waals surface area (Å²) < 4.78 is 0. The predicted molar refractivity (Wildman–Crippen MR) is 21.0 cm³/mol. The lowest BCUT2D eigenvalue weighted by Crippen LogP contribution is -2.07. The van der Waals surface area contributed by atoms with E-state index < -0.39 is 5.97 Å². The fourth-order valence-electron chi connectivity index (χ4n) is 0.265. The molecule has 0 radical (unpaired) electrons. The lowest BCUT2D eigenvalue weighted by Gasteiger charge is -1.89. The SMILES string of the molecule is O=C(O)C1=CONO1. The smallest absolute Gasteiger partial charge is 0.377 e. The molecular weight excluding hydrogens is 114 g/mol. The molecule has 1 aliphatic rings. The molecule has 0 aromatic heterocycles. The zero-order valence-electron chi connectivity index (χ0n) is 3.75. The fourth-order valence-corrected chi connectivity index (χ4v) is 0.265. The second kappa shape index (κ2) is 1.71. The van der Waals surface area contributed by atoms with Crippen molar-refractivity contribution >= 4 is 5.97 Å². The van der Waals surface area contributed by atoms with Gasteiger partial charge < -0.3 is 14.8 Å². The van der Waals surface area contributed by atoms with Crippen molar-refractivity contribution in [3.63, 3.8) is 0 Å². The van der Waals surface area contributed by atoms with E-state index in [-0.39, 0.29) is 5.76 Å². The van der Waals surface area contributed by atoms with Crippen molar-refractivity contribution in [3.05, 3.63) is 12.0 Å². The third kappa shape index (κ3) is 0.710. The number of carbonyl (C=O) groups is 1. The van der Waals surface area contributed by atoms with E-state index in [0.29, 0.717) is 0 Å². The predicted octanol–water partition coefficient (Wildman–Crippen LogP) is -0.621. The van der Waals surface area contributed by atoms with Gasteiger partial charge in [-0.2, -0.15) is 0 Å². The summed E-state index contributed by atoms with van der Waals surface area (Å²) in [7, 11) is 0. The second-order valence-electron chi connectivity index (χ2n) is 1.09. The molecule has 0 atom stereocenters. The summed E-state index contributed by atoms with van der Waals surface area (Å²) in [6.07, 6.45) is 0.961. The van der Waals surface area contributed by atoms with E-state index in [9.17, 15) is 4.79 Å². The Labute approximate surface area is 44.4 Å². The maximum Gasteiger partial charge on any atom is 0.377 e. The molecule has 0 unspecified atom stereocenters. The van der Waals surface area contributed by atoms with Crippen molar-refractivity contribution in [2.45, 2.75) is 0 Å². The van der Waals surface area contributed by atoms with E-state index in [0.717, 1.165) is 6.26 Å². The van der Waals surface area contributed by atoms with Crippen molar-refractivity contribution in [2.75, 3.05) is 0 Å². The van der Waals surface area contributed by atoms with Crippen LogP contribution in [0.15, 0.2) is 12.0 Å². The third-order valence-electron chi connectivity index (χ3n) is 0.576. The number of carboxylic acids is 1. The average Bonchev–Trinajstić information content (AvgIpc) is 2.12. The van der Waals surface area contributed by atoms with Crippen LogP contribution in [-0.4, -0.2) is 11.1 Å². The van der Waals surface area contributed by atoms with Crippen LogP contribution < -0.4 is 5.64 Å². The van der Waals surface area contributed by atoms with E-state index in [1.165, 1.54) is 0 Å². The standard InChI is InChI=1S/C3H3NO4/c5-3(6)2-1-7-4-8-2/h1,4H,(H,5,6). The van der Waals surface area contributed by atoms with Crippen LogP contribution in [0.3, 0.4) is 0 Å². The molecular formula is C3H3NO4. The van der Waals surface area contributed by atoms with E-state index in [2.05, 4.69) is 9.68 Å². The number of hydrogen-bond acceptors (Lipinski definition) is 4. The van der Waals surface area contributed by atoms with Gasteiger partial charge in [0.05, 0.1) is 0 Å². The molecule has 0 saturated carbocycles. The van der Waals surface area contributed by atoms with Crippen LogP contribution >= 0.6 is 0 Å². The van der Waals surface area contributed by atoms with Gasteiger partial charge in [-0.15, -0.1) is 0 Å². The van der Waals surface area contributed by atoms with Crippen molar-refractivity contribution in [1.82, 2.24) is 5.64 Å². The molecule has 5 heteroatoms. The van der Waals surface area contributed by atoms with E-state index >= 15 is 0 Å². The monoisotopic (exact) mass is 117 g/mol. The van der Waals surface area contributed by atoms with Crippen LogP contribution in [-0.2, 0) is 14.5 Å². The molecule has 5 nitrogen and oxygen atoms in total. The van der Waals surface area contributed by atoms with Crippen LogP contribution in [0.1, 0.15) is 0 Å². The minimum atomic E-state index is -1.16. The molecule has 1 rings (SSSR count). The first kappa shape index (κ1) is 4.92. The van der Waals surface area contributed by atoms with Crippen molar-refractivity contribution < 1.29 is 19.6 Å². The van der Waals surface area contributed by atoms with Crippen LogP contribution in [0.2, 0.25) is 0 Å². The maximum atomic E-state index is 9.89.